The number of aromatic amines is 1. The van der Waals surface area contributed by atoms with Crippen molar-refractivity contribution < 1.29 is 9.90 Å². The second-order valence-corrected chi connectivity index (χ2v) is 6.78. The first kappa shape index (κ1) is 17.4. The number of pyridine rings is 1. The molecule has 3 rings (SSSR count). The molecule has 0 aromatic carbocycles. The molecular formula is C18H24N4O3. The average molecular weight is 344 g/mol. The molecule has 2 N–H and O–H groups in total. The molecule has 0 aliphatic carbocycles. The van der Waals surface area contributed by atoms with E-state index in [1.54, 1.807) is 15.5 Å². The van der Waals surface area contributed by atoms with E-state index < -0.39 is 6.10 Å². The SMILES string of the molecule is Cc1cc(C[C@@H]2CN(C(=O)CCn3c(C)cccc3=O)C[C@H]2O)n[nH]1. The van der Waals surface area contributed by atoms with E-state index >= 15 is 0 Å². The lowest BCUT2D eigenvalue weighted by Crippen LogP contribution is -2.32. The van der Waals surface area contributed by atoms with Gasteiger partial charge in [0, 0.05) is 49.4 Å². The van der Waals surface area contributed by atoms with E-state index in [1.165, 1.54) is 6.07 Å². The fourth-order valence-corrected chi connectivity index (χ4v) is 3.38. The smallest absolute Gasteiger partial charge is 0.250 e. The van der Waals surface area contributed by atoms with Gasteiger partial charge in [-0.25, -0.2) is 0 Å². The van der Waals surface area contributed by atoms with Gasteiger partial charge in [-0.15, -0.1) is 0 Å². The highest BCUT2D eigenvalue weighted by Crippen LogP contribution is 2.22. The average Bonchev–Trinajstić information content (AvgIpc) is 3.13. The normalized spacial score (nSPS) is 20.2. The number of carbonyl (C=O) groups is 1. The third kappa shape index (κ3) is 3.99. The molecule has 25 heavy (non-hydrogen) atoms. The number of rotatable bonds is 5. The lowest BCUT2D eigenvalue weighted by Gasteiger charge is -2.17. The van der Waals surface area contributed by atoms with Crippen molar-refractivity contribution in [2.75, 3.05) is 13.1 Å². The predicted molar refractivity (Wildman–Crippen MR) is 93.2 cm³/mol. The molecule has 0 radical (unpaired) electrons. The van der Waals surface area contributed by atoms with Gasteiger partial charge < -0.3 is 14.6 Å². The number of hydrogen-bond donors (Lipinski definition) is 2. The zero-order valence-electron chi connectivity index (χ0n) is 14.6. The van der Waals surface area contributed by atoms with E-state index in [0.29, 0.717) is 26.1 Å². The lowest BCUT2D eigenvalue weighted by molar-refractivity contribution is -0.130. The van der Waals surface area contributed by atoms with Crippen LogP contribution < -0.4 is 5.56 Å². The van der Waals surface area contributed by atoms with Crippen molar-refractivity contribution >= 4 is 5.91 Å². The fourth-order valence-electron chi connectivity index (χ4n) is 3.38. The molecule has 1 fully saturated rings. The van der Waals surface area contributed by atoms with Crippen molar-refractivity contribution in [2.24, 2.45) is 5.92 Å². The van der Waals surface area contributed by atoms with E-state index in [2.05, 4.69) is 10.2 Å². The van der Waals surface area contributed by atoms with E-state index in [0.717, 1.165) is 17.1 Å². The number of nitrogens with zero attached hydrogens (tertiary/aromatic N) is 3. The van der Waals surface area contributed by atoms with Gasteiger partial charge in [0.05, 0.1) is 11.8 Å². The van der Waals surface area contributed by atoms with Crippen molar-refractivity contribution in [2.45, 2.75) is 39.3 Å². The maximum Gasteiger partial charge on any atom is 0.250 e. The van der Waals surface area contributed by atoms with Crippen LogP contribution >= 0.6 is 0 Å². The topological polar surface area (TPSA) is 91.2 Å². The van der Waals surface area contributed by atoms with Crippen molar-refractivity contribution in [1.82, 2.24) is 19.7 Å². The van der Waals surface area contributed by atoms with Gasteiger partial charge in [0.1, 0.15) is 0 Å². The number of aliphatic hydroxyl groups excluding tert-OH is 1. The highest BCUT2D eigenvalue weighted by molar-refractivity contribution is 5.76. The van der Waals surface area contributed by atoms with Crippen molar-refractivity contribution in [3.63, 3.8) is 0 Å². The standard InChI is InChI=1S/C18H24N4O3/c1-12-8-15(20-19-12)9-14-10-21(11-16(14)23)17(24)6-7-22-13(2)4-3-5-18(22)25/h3-5,8,14,16,23H,6-7,9-11H2,1-2H3,(H,19,20)/t14-,16-/m1/s1. The molecule has 1 saturated heterocycles. The van der Waals surface area contributed by atoms with Crippen LogP contribution in [0.15, 0.2) is 29.1 Å². The van der Waals surface area contributed by atoms with Crippen molar-refractivity contribution in [3.8, 4) is 0 Å². The number of aryl methyl sites for hydroxylation is 2. The van der Waals surface area contributed by atoms with Crippen LogP contribution in [0, 0.1) is 19.8 Å². The Bertz CT molecular complexity index is 811. The Balaban J connectivity index is 1.57. The van der Waals surface area contributed by atoms with Crippen LogP contribution in [-0.4, -0.2) is 49.9 Å². The first-order valence-electron chi connectivity index (χ1n) is 8.57. The Hall–Kier alpha value is -2.41. The summed E-state index contributed by atoms with van der Waals surface area (Å²) in [6.45, 7) is 5.02. The molecule has 0 unspecified atom stereocenters. The zero-order valence-corrected chi connectivity index (χ0v) is 14.6. The highest BCUT2D eigenvalue weighted by Gasteiger charge is 2.34. The zero-order chi connectivity index (χ0) is 18.0. The number of amides is 1. The third-order valence-corrected chi connectivity index (χ3v) is 4.81. The number of carbonyl (C=O) groups excluding carboxylic acids is 1. The molecule has 3 heterocycles. The largest absolute Gasteiger partial charge is 0.391 e. The number of aromatic nitrogens is 3. The van der Waals surface area contributed by atoms with E-state index in [4.69, 9.17) is 0 Å². The van der Waals surface area contributed by atoms with Crippen molar-refractivity contribution in [3.05, 3.63) is 51.7 Å². The molecular weight excluding hydrogens is 320 g/mol. The van der Waals surface area contributed by atoms with Crippen LogP contribution in [-0.2, 0) is 17.8 Å². The summed E-state index contributed by atoms with van der Waals surface area (Å²) in [7, 11) is 0. The van der Waals surface area contributed by atoms with Crippen LogP contribution in [0.3, 0.4) is 0 Å². The molecule has 134 valence electrons. The number of nitrogens with one attached hydrogen (secondary N) is 1. The Morgan fingerprint density at radius 2 is 2.16 bits per heavy atom. The van der Waals surface area contributed by atoms with Gasteiger partial charge in [-0.05, 0) is 32.4 Å². The van der Waals surface area contributed by atoms with Gasteiger partial charge in [-0.1, -0.05) is 6.07 Å². The summed E-state index contributed by atoms with van der Waals surface area (Å²) < 4.78 is 1.61. The van der Waals surface area contributed by atoms with Crippen molar-refractivity contribution in [1.29, 1.82) is 0 Å². The molecule has 2 atom stereocenters. The highest BCUT2D eigenvalue weighted by atomic mass is 16.3. The number of H-pyrrole nitrogens is 1. The summed E-state index contributed by atoms with van der Waals surface area (Å²) in [5, 5.41) is 17.4. The van der Waals surface area contributed by atoms with E-state index in [9.17, 15) is 14.7 Å². The quantitative estimate of drug-likeness (QED) is 0.833. The molecule has 2 aromatic rings. The lowest BCUT2D eigenvalue weighted by atomic mass is 10.0. The van der Waals surface area contributed by atoms with Gasteiger partial charge in [-0.2, -0.15) is 5.10 Å². The fraction of sp³-hybridized carbons (Fsp3) is 0.500. The minimum atomic E-state index is -0.540. The van der Waals surface area contributed by atoms with E-state index in [1.807, 2.05) is 26.0 Å². The molecule has 1 aliphatic heterocycles. The van der Waals surface area contributed by atoms with Crippen LogP contribution in [0.25, 0.3) is 0 Å². The van der Waals surface area contributed by atoms with Gasteiger partial charge in [-0.3, -0.25) is 14.7 Å². The van der Waals surface area contributed by atoms with Crippen LogP contribution in [0.2, 0.25) is 0 Å². The molecule has 0 spiro atoms. The molecule has 2 aromatic heterocycles. The van der Waals surface area contributed by atoms with Crippen LogP contribution in [0.4, 0.5) is 0 Å². The minimum absolute atomic E-state index is 0.00664. The Morgan fingerprint density at radius 1 is 1.36 bits per heavy atom. The van der Waals surface area contributed by atoms with Crippen LogP contribution in [0.1, 0.15) is 23.5 Å². The number of β-amino-alcohol motifs (C(OH)–C–C–N with tert-alkyl or cyclic N) is 1. The second kappa shape index (κ2) is 7.23. The van der Waals surface area contributed by atoms with Gasteiger partial charge in [0.25, 0.3) is 5.56 Å². The monoisotopic (exact) mass is 344 g/mol. The molecule has 7 nitrogen and oxygen atoms in total. The van der Waals surface area contributed by atoms with Gasteiger partial charge >= 0.3 is 0 Å². The summed E-state index contributed by atoms with van der Waals surface area (Å²) in [5.41, 5.74) is 2.64. The first-order chi connectivity index (χ1) is 11.9. The molecule has 0 saturated carbocycles. The van der Waals surface area contributed by atoms with Crippen LogP contribution in [0.5, 0.6) is 0 Å². The summed E-state index contributed by atoms with van der Waals surface area (Å²) in [5.74, 6) is -0.0391. The summed E-state index contributed by atoms with van der Waals surface area (Å²) in [4.78, 5) is 26.0. The summed E-state index contributed by atoms with van der Waals surface area (Å²) in [6, 6.07) is 7.03. The second-order valence-electron chi connectivity index (χ2n) is 6.78. The number of aliphatic hydroxyl groups is 1. The molecule has 1 aliphatic rings. The summed E-state index contributed by atoms with van der Waals surface area (Å²) in [6.07, 6.45) is 0.361. The molecule has 0 bridgehead atoms. The molecule has 1 amide bonds. The van der Waals surface area contributed by atoms with Gasteiger partial charge in [0.2, 0.25) is 5.91 Å². The first-order valence-corrected chi connectivity index (χ1v) is 8.57. The van der Waals surface area contributed by atoms with E-state index in [-0.39, 0.29) is 23.8 Å². The van der Waals surface area contributed by atoms with Gasteiger partial charge in [0.15, 0.2) is 0 Å². The number of likely N-dealkylation sites (tertiary alicyclic amines) is 1. The Kier molecular flexibility index (Phi) is 5.03. The Morgan fingerprint density at radius 3 is 2.84 bits per heavy atom. The third-order valence-electron chi connectivity index (χ3n) is 4.81. The maximum absolute atomic E-state index is 12.5. The Labute approximate surface area is 146 Å². The predicted octanol–water partition coefficient (Wildman–Crippen LogP) is 0.640. The molecule has 7 heteroatoms. The maximum atomic E-state index is 12.5. The minimum Gasteiger partial charge on any atom is -0.391 e. The summed E-state index contributed by atoms with van der Waals surface area (Å²) >= 11 is 0. The number of hydrogen-bond acceptors (Lipinski definition) is 4.